The number of aliphatic hydroxyl groups is 1. The second kappa shape index (κ2) is 6.73. The highest BCUT2D eigenvalue weighted by molar-refractivity contribution is 7.88. The molecule has 0 aliphatic carbocycles. The third kappa shape index (κ3) is 4.41. The zero-order valence-electron chi connectivity index (χ0n) is 12.7. The van der Waals surface area contributed by atoms with Gasteiger partial charge in [-0.3, -0.25) is 4.90 Å². The number of rotatable bonds is 5. The van der Waals surface area contributed by atoms with Gasteiger partial charge in [0.05, 0.1) is 12.4 Å². The van der Waals surface area contributed by atoms with Crippen LogP contribution in [0.4, 0.5) is 0 Å². The van der Waals surface area contributed by atoms with Crippen LogP contribution in [-0.2, 0) is 10.0 Å². The minimum Gasteiger partial charge on any atom is -0.393 e. The second-order valence-electron chi connectivity index (χ2n) is 6.50. The van der Waals surface area contributed by atoms with Crippen molar-refractivity contribution < 1.29 is 13.5 Å². The lowest BCUT2D eigenvalue weighted by Crippen LogP contribution is -2.44. The lowest BCUT2D eigenvalue weighted by Gasteiger charge is -2.35. The van der Waals surface area contributed by atoms with Gasteiger partial charge in [-0.2, -0.15) is 0 Å². The molecule has 3 atom stereocenters. The van der Waals surface area contributed by atoms with Gasteiger partial charge in [-0.05, 0) is 51.5 Å². The Balaban J connectivity index is 1.89. The van der Waals surface area contributed by atoms with E-state index in [1.165, 1.54) is 12.7 Å². The number of hydrogen-bond donors (Lipinski definition) is 1. The molecule has 20 heavy (non-hydrogen) atoms. The third-order valence-corrected chi connectivity index (χ3v) is 5.83. The smallest absolute Gasteiger partial charge is 0.211 e. The van der Waals surface area contributed by atoms with Crippen molar-refractivity contribution in [1.82, 2.24) is 9.21 Å². The lowest BCUT2D eigenvalue weighted by molar-refractivity contribution is 0.114. The number of hydrogen-bond acceptors (Lipinski definition) is 4. The predicted molar refractivity (Wildman–Crippen MR) is 80.0 cm³/mol. The molecule has 118 valence electrons. The summed E-state index contributed by atoms with van der Waals surface area (Å²) >= 11 is 0. The van der Waals surface area contributed by atoms with Gasteiger partial charge in [-0.25, -0.2) is 12.7 Å². The molecule has 5 nitrogen and oxygen atoms in total. The minimum absolute atomic E-state index is 0.250. The van der Waals surface area contributed by atoms with Crippen LogP contribution in [0.25, 0.3) is 0 Å². The van der Waals surface area contributed by atoms with Gasteiger partial charge in [0.15, 0.2) is 0 Å². The van der Waals surface area contributed by atoms with Gasteiger partial charge in [0.2, 0.25) is 10.0 Å². The highest BCUT2D eigenvalue weighted by Crippen LogP contribution is 2.26. The highest BCUT2D eigenvalue weighted by atomic mass is 32.2. The van der Waals surface area contributed by atoms with E-state index in [9.17, 15) is 13.5 Å². The number of likely N-dealkylation sites (tertiary alicyclic amines) is 1. The Hall–Kier alpha value is -0.170. The SMILES string of the molecule is CC(O)CC1CCCN1CC1CCCN(S(C)(=O)=O)C1. The number of piperidine rings is 1. The molecule has 0 amide bonds. The zero-order chi connectivity index (χ0) is 14.8. The molecule has 0 saturated carbocycles. The van der Waals surface area contributed by atoms with E-state index < -0.39 is 10.0 Å². The van der Waals surface area contributed by atoms with Crippen molar-refractivity contribution in [3.63, 3.8) is 0 Å². The maximum Gasteiger partial charge on any atom is 0.211 e. The fraction of sp³-hybridized carbons (Fsp3) is 1.00. The first kappa shape index (κ1) is 16.2. The van der Waals surface area contributed by atoms with Crippen LogP contribution in [0.1, 0.15) is 39.0 Å². The van der Waals surface area contributed by atoms with Crippen molar-refractivity contribution in [3.8, 4) is 0 Å². The average Bonchev–Trinajstić information content (AvgIpc) is 2.75. The molecule has 0 spiro atoms. The van der Waals surface area contributed by atoms with Crippen molar-refractivity contribution in [2.45, 2.75) is 51.2 Å². The third-order valence-electron chi connectivity index (χ3n) is 4.56. The summed E-state index contributed by atoms with van der Waals surface area (Å²) in [5.74, 6) is 0.438. The van der Waals surface area contributed by atoms with Crippen LogP contribution in [-0.4, -0.2) is 67.3 Å². The summed E-state index contributed by atoms with van der Waals surface area (Å²) < 4.78 is 24.9. The maximum atomic E-state index is 11.7. The summed E-state index contributed by atoms with van der Waals surface area (Å²) in [7, 11) is -3.05. The molecule has 2 fully saturated rings. The second-order valence-corrected chi connectivity index (χ2v) is 8.49. The predicted octanol–water partition coefficient (Wildman–Crippen LogP) is 0.893. The summed E-state index contributed by atoms with van der Waals surface area (Å²) in [6.45, 7) is 5.25. The molecule has 0 radical (unpaired) electrons. The Kier molecular flexibility index (Phi) is 5.45. The van der Waals surface area contributed by atoms with Crippen LogP contribution in [0.5, 0.6) is 0 Å². The number of nitrogens with zero attached hydrogens (tertiary/aromatic N) is 2. The molecule has 0 aromatic heterocycles. The Morgan fingerprint density at radius 2 is 1.95 bits per heavy atom. The molecule has 2 aliphatic rings. The van der Waals surface area contributed by atoms with Crippen LogP contribution in [0.15, 0.2) is 0 Å². The molecule has 2 saturated heterocycles. The van der Waals surface area contributed by atoms with E-state index >= 15 is 0 Å². The van der Waals surface area contributed by atoms with Crippen LogP contribution in [0.3, 0.4) is 0 Å². The van der Waals surface area contributed by atoms with E-state index in [1.807, 2.05) is 6.92 Å². The number of aliphatic hydroxyl groups excluding tert-OH is 1. The standard InChI is InChI=1S/C14H28N2O3S/c1-12(17)9-14-6-4-7-15(14)10-13-5-3-8-16(11-13)20(2,18)19/h12-14,17H,3-11H2,1-2H3. The fourth-order valence-electron chi connectivity index (χ4n) is 3.60. The summed E-state index contributed by atoms with van der Waals surface area (Å²) in [4.78, 5) is 2.46. The quantitative estimate of drug-likeness (QED) is 0.819. The molecule has 2 rings (SSSR count). The maximum absolute atomic E-state index is 11.7. The molecular weight excluding hydrogens is 276 g/mol. The Morgan fingerprint density at radius 3 is 2.60 bits per heavy atom. The van der Waals surface area contributed by atoms with E-state index in [0.717, 1.165) is 38.8 Å². The van der Waals surface area contributed by atoms with Gasteiger partial charge in [-0.1, -0.05) is 0 Å². The molecule has 6 heteroatoms. The lowest BCUT2D eigenvalue weighted by atomic mass is 9.98. The Morgan fingerprint density at radius 1 is 1.25 bits per heavy atom. The van der Waals surface area contributed by atoms with Crippen molar-refractivity contribution in [3.05, 3.63) is 0 Å². The first-order valence-electron chi connectivity index (χ1n) is 7.73. The van der Waals surface area contributed by atoms with Gasteiger partial charge in [0, 0.05) is 25.7 Å². The van der Waals surface area contributed by atoms with Crippen molar-refractivity contribution in [2.24, 2.45) is 5.92 Å². The van der Waals surface area contributed by atoms with Gasteiger partial charge in [0.1, 0.15) is 0 Å². The van der Waals surface area contributed by atoms with Crippen LogP contribution >= 0.6 is 0 Å². The topological polar surface area (TPSA) is 60.9 Å². The minimum atomic E-state index is -3.05. The van der Waals surface area contributed by atoms with Gasteiger partial charge >= 0.3 is 0 Å². The molecule has 2 aliphatic heterocycles. The molecule has 3 unspecified atom stereocenters. The molecular formula is C14H28N2O3S. The van der Waals surface area contributed by atoms with Crippen molar-refractivity contribution >= 4 is 10.0 Å². The molecule has 0 aromatic rings. The van der Waals surface area contributed by atoms with E-state index in [-0.39, 0.29) is 6.10 Å². The highest BCUT2D eigenvalue weighted by Gasteiger charge is 2.31. The van der Waals surface area contributed by atoms with Crippen molar-refractivity contribution in [1.29, 1.82) is 0 Å². The zero-order valence-corrected chi connectivity index (χ0v) is 13.5. The molecule has 0 bridgehead atoms. The molecule has 1 N–H and O–H groups in total. The monoisotopic (exact) mass is 304 g/mol. The summed E-state index contributed by atoms with van der Waals surface area (Å²) in [6, 6.07) is 0.476. The molecule has 0 aromatic carbocycles. The van der Waals surface area contributed by atoms with E-state index in [1.54, 1.807) is 4.31 Å². The normalized spacial score (nSPS) is 31.6. The fourth-order valence-corrected chi connectivity index (χ4v) is 4.55. The van der Waals surface area contributed by atoms with Crippen LogP contribution in [0.2, 0.25) is 0 Å². The van der Waals surface area contributed by atoms with E-state index in [4.69, 9.17) is 0 Å². The van der Waals surface area contributed by atoms with Crippen LogP contribution < -0.4 is 0 Å². The van der Waals surface area contributed by atoms with Crippen molar-refractivity contribution in [2.75, 3.05) is 32.4 Å². The van der Waals surface area contributed by atoms with E-state index in [0.29, 0.717) is 25.0 Å². The average molecular weight is 304 g/mol. The van der Waals surface area contributed by atoms with Gasteiger partial charge in [-0.15, -0.1) is 0 Å². The number of sulfonamides is 1. The van der Waals surface area contributed by atoms with E-state index in [2.05, 4.69) is 4.90 Å². The van der Waals surface area contributed by atoms with Gasteiger partial charge < -0.3 is 5.11 Å². The Bertz CT molecular complexity index is 411. The van der Waals surface area contributed by atoms with Crippen LogP contribution in [0, 0.1) is 5.92 Å². The first-order chi connectivity index (χ1) is 9.36. The summed E-state index contributed by atoms with van der Waals surface area (Å²) in [5.41, 5.74) is 0. The largest absolute Gasteiger partial charge is 0.393 e. The summed E-state index contributed by atoms with van der Waals surface area (Å²) in [5, 5.41) is 9.57. The molecule has 2 heterocycles. The van der Waals surface area contributed by atoms with Gasteiger partial charge in [0.25, 0.3) is 0 Å². The first-order valence-corrected chi connectivity index (χ1v) is 9.58. The summed E-state index contributed by atoms with van der Waals surface area (Å²) in [6.07, 6.45) is 6.33. The Labute approximate surface area is 123 Å².